The molecule has 1 aliphatic carbocycles. The van der Waals surface area contributed by atoms with Crippen molar-refractivity contribution in [2.75, 3.05) is 18.6 Å². The first-order chi connectivity index (χ1) is 7.46. The van der Waals surface area contributed by atoms with Gasteiger partial charge in [0.1, 0.15) is 5.54 Å². The highest BCUT2D eigenvalue weighted by molar-refractivity contribution is 7.84. The fourth-order valence-corrected chi connectivity index (χ4v) is 1.81. The summed E-state index contributed by atoms with van der Waals surface area (Å²) in [6.07, 6.45) is 3.18. The molecule has 0 spiro atoms. The second-order valence-corrected chi connectivity index (χ2v) is 5.45. The zero-order chi connectivity index (χ0) is 12.2. The number of hydrogen-bond donors (Lipinski definition) is 3. The van der Waals surface area contributed by atoms with E-state index < -0.39 is 28.3 Å². The quantitative estimate of drug-likeness (QED) is 0.561. The molecular weight excluding hydrogens is 232 g/mol. The summed E-state index contributed by atoms with van der Waals surface area (Å²) in [5.41, 5.74) is -1.04. The molecule has 92 valence electrons. The summed E-state index contributed by atoms with van der Waals surface area (Å²) >= 11 is 0. The van der Waals surface area contributed by atoms with Crippen molar-refractivity contribution >= 4 is 22.8 Å². The Bertz CT molecular complexity index is 315. The van der Waals surface area contributed by atoms with E-state index in [1.807, 2.05) is 0 Å². The topological polar surface area (TPSA) is 95.5 Å². The van der Waals surface area contributed by atoms with Crippen LogP contribution in [0, 0.1) is 0 Å². The van der Waals surface area contributed by atoms with E-state index in [-0.39, 0.29) is 0 Å². The van der Waals surface area contributed by atoms with Crippen LogP contribution >= 0.6 is 0 Å². The third-order valence-corrected chi connectivity index (χ3v) is 3.27. The molecule has 3 N–H and O–H groups in total. The van der Waals surface area contributed by atoms with Crippen LogP contribution in [0.4, 0.5) is 4.79 Å². The average molecular weight is 248 g/mol. The van der Waals surface area contributed by atoms with Gasteiger partial charge in [-0.05, 0) is 19.3 Å². The summed E-state index contributed by atoms with van der Waals surface area (Å²) in [6.45, 7) is 0.404. The summed E-state index contributed by atoms with van der Waals surface area (Å²) in [6, 6.07) is -0.471. The normalized spacial score (nSPS) is 18.6. The Kier molecular flexibility index (Phi) is 4.28. The van der Waals surface area contributed by atoms with Crippen LogP contribution in [-0.2, 0) is 15.6 Å². The predicted octanol–water partition coefficient (Wildman–Crippen LogP) is -0.329. The minimum absolute atomic E-state index is 0.404. The number of hydrogen-bond acceptors (Lipinski definition) is 3. The lowest BCUT2D eigenvalue weighted by Gasteiger charge is -2.13. The molecule has 0 heterocycles. The minimum Gasteiger partial charge on any atom is -0.480 e. The van der Waals surface area contributed by atoms with E-state index in [2.05, 4.69) is 10.6 Å². The van der Waals surface area contributed by atoms with Crippen molar-refractivity contribution in [3.63, 3.8) is 0 Å². The first-order valence-corrected chi connectivity index (χ1v) is 6.78. The van der Waals surface area contributed by atoms with Crippen molar-refractivity contribution in [1.29, 1.82) is 0 Å². The zero-order valence-electron chi connectivity index (χ0n) is 9.12. The number of amides is 2. The highest BCUT2D eigenvalue weighted by Crippen LogP contribution is 2.35. The molecule has 1 fully saturated rings. The van der Waals surface area contributed by atoms with Gasteiger partial charge in [0.05, 0.1) is 0 Å². The van der Waals surface area contributed by atoms with Crippen LogP contribution in [0.1, 0.15) is 19.3 Å². The van der Waals surface area contributed by atoms with E-state index >= 15 is 0 Å². The van der Waals surface area contributed by atoms with Gasteiger partial charge in [-0.1, -0.05) is 0 Å². The summed E-state index contributed by atoms with van der Waals surface area (Å²) < 4.78 is 10.7. The largest absolute Gasteiger partial charge is 0.480 e. The van der Waals surface area contributed by atoms with Crippen molar-refractivity contribution in [3.8, 4) is 0 Å². The lowest BCUT2D eigenvalue weighted by atomic mass is 10.3. The van der Waals surface area contributed by atoms with E-state index in [0.29, 0.717) is 31.6 Å². The van der Waals surface area contributed by atoms with Crippen molar-refractivity contribution in [1.82, 2.24) is 10.6 Å². The number of urea groups is 1. The number of carbonyl (C=O) groups is 2. The van der Waals surface area contributed by atoms with Crippen LogP contribution in [0.15, 0.2) is 0 Å². The number of aliphatic carboxylic acids is 1. The number of carboxylic acids is 1. The summed E-state index contributed by atoms with van der Waals surface area (Å²) in [5, 5.41) is 13.8. The highest BCUT2D eigenvalue weighted by atomic mass is 32.2. The minimum atomic E-state index is -1.04. The van der Waals surface area contributed by atoms with Crippen LogP contribution in [0.5, 0.6) is 0 Å². The Hall–Kier alpha value is -1.11. The molecule has 0 aromatic rings. The fraction of sp³-hybridized carbons (Fsp3) is 0.778. The van der Waals surface area contributed by atoms with E-state index in [0.717, 1.165) is 0 Å². The summed E-state index contributed by atoms with van der Waals surface area (Å²) in [4.78, 5) is 22.0. The molecule has 1 aliphatic rings. The Morgan fingerprint density at radius 3 is 2.50 bits per heavy atom. The molecule has 0 bridgehead atoms. The molecule has 0 aliphatic heterocycles. The zero-order valence-corrected chi connectivity index (χ0v) is 9.93. The number of nitrogens with one attached hydrogen (secondary N) is 2. The molecule has 6 nitrogen and oxygen atoms in total. The van der Waals surface area contributed by atoms with Crippen molar-refractivity contribution < 1.29 is 18.9 Å². The summed E-state index contributed by atoms with van der Waals surface area (Å²) in [7, 11) is -0.860. The molecule has 0 aromatic carbocycles. The maximum atomic E-state index is 11.3. The second-order valence-electron chi connectivity index (χ2n) is 3.90. The monoisotopic (exact) mass is 248 g/mol. The van der Waals surface area contributed by atoms with Crippen LogP contribution in [-0.4, -0.2) is 45.4 Å². The van der Waals surface area contributed by atoms with E-state index in [9.17, 15) is 13.8 Å². The van der Waals surface area contributed by atoms with Crippen molar-refractivity contribution in [2.24, 2.45) is 0 Å². The third-order valence-electron chi connectivity index (χ3n) is 2.41. The predicted molar refractivity (Wildman–Crippen MR) is 59.7 cm³/mol. The third kappa shape index (κ3) is 3.80. The van der Waals surface area contributed by atoms with Gasteiger partial charge in [-0.3, -0.25) is 4.21 Å². The van der Waals surface area contributed by atoms with Gasteiger partial charge in [0.25, 0.3) is 0 Å². The maximum Gasteiger partial charge on any atom is 0.329 e. The number of rotatable bonds is 6. The Morgan fingerprint density at radius 1 is 1.44 bits per heavy atom. The van der Waals surface area contributed by atoms with Gasteiger partial charge in [-0.2, -0.15) is 0 Å². The lowest BCUT2D eigenvalue weighted by molar-refractivity contribution is -0.140. The SMILES string of the molecule is CS(=O)CCCNC(=O)NC1(C(=O)O)CC1. The number of carbonyl (C=O) groups excluding carboxylic acids is 1. The molecule has 0 radical (unpaired) electrons. The molecule has 1 rings (SSSR count). The smallest absolute Gasteiger partial charge is 0.329 e. The lowest BCUT2D eigenvalue weighted by Crippen LogP contribution is -2.48. The molecule has 0 aromatic heterocycles. The van der Waals surface area contributed by atoms with Gasteiger partial charge in [-0.25, -0.2) is 9.59 Å². The van der Waals surface area contributed by atoms with Gasteiger partial charge in [-0.15, -0.1) is 0 Å². The van der Waals surface area contributed by atoms with E-state index in [4.69, 9.17) is 5.11 Å². The molecule has 0 saturated heterocycles. The van der Waals surface area contributed by atoms with Gasteiger partial charge >= 0.3 is 12.0 Å². The second kappa shape index (κ2) is 5.29. The standard InChI is InChI=1S/C9H16N2O4S/c1-16(15)6-2-5-10-8(14)11-9(3-4-9)7(12)13/h2-6H2,1H3,(H,12,13)(H2,10,11,14). The molecule has 16 heavy (non-hydrogen) atoms. The Labute approximate surface area is 96.2 Å². The Morgan fingerprint density at radius 2 is 2.06 bits per heavy atom. The molecule has 2 amide bonds. The average Bonchev–Trinajstić information content (AvgIpc) is 2.93. The highest BCUT2D eigenvalue weighted by Gasteiger charge is 2.51. The van der Waals surface area contributed by atoms with Crippen molar-refractivity contribution in [3.05, 3.63) is 0 Å². The summed E-state index contributed by atoms with van der Waals surface area (Å²) in [5.74, 6) is -0.457. The van der Waals surface area contributed by atoms with Gasteiger partial charge in [0.2, 0.25) is 0 Å². The van der Waals surface area contributed by atoms with Crippen LogP contribution in [0.3, 0.4) is 0 Å². The van der Waals surface area contributed by atoms with Gasteiger partial charge in [0.15, 0.2) is 0 Å². The van der Waals surface area contributed by atoms with E-state index in [1.165, 1.54) is 0 Å². The fourth-order valence-electron chi connectivity index (χ4n) is 1.26. The van der Waals surface area contributed by atoms with Crippen LogP contribution in [0.25, 0.3) is 0 Å². The first kappa shape index (κ1) is 13.0. The molecule has 7 heteroatoms. The van der Waals surface area contributed by atoms with E-state index in [1.54, 1.807) is 6.26 Å². The van der Waals surface area contributed by atoms with Crippen molar-refractivity contribution in [2.45, 2.75) is 24.8 Å². The van der Waals surface area contributed by atoms with Crippen LogP contribution < -0.4 is 10.6 Å². The Balaban J connectivity index is 2.17. The first-order valence-electron chi connectivity index (χ1n) is 5.06. The van der Waals surface area contributed by atoms with Gasteiger partial charge < -0.3 is 15.7 Å². The molecule has 1 saturated carbocycles. The molecular formula is C9H16N2O4S. The molecule has 1 unspecified atom stereocenters. The maximum absolute atomic E-state index is 11.3. The van der Waals surface area contributed by atoms with Crippen LogP contribution in [0.2, 0.25) is 0 Å². The number of carboxylic acid groups (broad SMARTS) is 1. The van der Waals surface area contributed by atoms with Gasteiger partial charge in [0, 0.05) is 29.4 Å². The molecule has 1 atom stereocenters.